The summed E-state index contributed by atoms with van der Waals surface area (Å²) >= 11 is 0. The van der Waals surface area contributed by atoms with E-state index < -0.39 is 23.5 Å². The Morgan fingerprint density at radius 2 is 1.52 bits per heavy atom. The lowest BCUT2D eigenvalue weighted by atomic mass is 10.0. The number of piperidine rings is 1. The molecule has 1 saturated heterocycles. The number of benzene rings is 1. The van der Waals surface area contributed by atoms with Crippen molar-refractivity contribution in [1.82, 2.24) is 4.90 Å². The van der Waals surface area contributed by atoms with Crippen molar-refractivity contribution in [2.45, 2.75) is 37.8 Å². The van der Waals surface area contributed by atoms with Crippen molar-refractivity contribution in [1.29, 1.82) is 0 Å². The third-order valence-corrected chi connectivity index (χ3v) is 3.60. The standard InChI is InChI=1S/C14H16F6N2.ClH/c15-13(16,17)10-4-9(5-11(6-10)14(18,19)20)7-22-3-1-2-12(21)8-22;/h4-6,12H,1-3,7-8,21H2;1H. The van der Waals surface area contributed by atoms with Crippen LogP contribution in [-0.4, -0.2) is 24.0 Å². The zero-order valence-electron chi connectivity index (χ0n) is 12.0. The molecule has 1 aliphatic heterocycles. The van der Waals surface area contributed by atoms with Crippen LogP contribution in [0.15, 0.2) is 18.2 Å². The summed E-state index contributed by atoms with van der Waals surface area (Å²) in [5, 5.41) is 0. The van der Waals surface area contributed by atoms with Gasteiger partial charge in [0.15, 0.2) is 0 Å². The first-order valence-electron chi connectivity index (χ1n) is 6.82. The highest BCUT2D eigenvalue weighted by Gasteiger charge is 2.37. The molecule has 1 unspecified atom stereocenters. The summed E-state index contributed by atoms with van der Waals surface area (Å²) in [6.07, 6.45) is -8.03. The van der Waals surface area contributed by atoms with Gasteiger partial charge in [-0.05, 0) is 43.1 Å². The van der Waals surface area contributed by atoms with Gasteiger partial charge in [-0.25, -0.2) is 0 Å². The van der Waals surface area contributed by atoms with E-state index in [0.717, 1.165) is 25.0 Å². The predicted octanol–water partition coefficient (Wildman–Crippen LogP) is 4.07. The summed E-state index contributed by atoms with van der Waals surface area (Å²) in [5.74, 6) is 0. The van der Waals surface area contributed by atoms with Gasteiger partial charge in [0.1, 0.15) is 0 Å². The number of alkyl halides is 6. The third kappa shape index (κ3) is 5.54. The molecule has 2 N–H and O–H groups in total. The zero-order chi connectivity index (χ0) is 16.5. The lowest BCUT2D eigenvalue weighted by Gasteiger charge is -2.31. The Morgan fingerprint density at radius 3 is 1.96 bits per heavy atom. The second-order valence-corrected chi connectivity index (χ2v) is 5.55. The van der Waals surface area contributed by atoms with Crippen LogP contribution in [-0.2, 0) is 18.9 Å². The van der Waals surface area contributed by atoms with Gasteiger partial charge in [0.05, 0.1) is 11.1 Å². The maximum atomic E-state index is 12.8. The van der Waals surface area contributed by atoms with Gasteiger partial charge >= 0.3 is 12.4 Å². The van der Waals surface area contributed by atoms with E-state index in [-0.39, 0.29) is 36.6 Å². The zero-order valence-corrected chi connectivity index (χ0v) is 12.9. The second kappa shape index (κ2) is 7.27. The summed E-state index contributed by atoms with van der Waals surface area (Å²) in [6, 6.07) is 1.59. The lowest BCUT2D eigenvalue weighted by Crippen LogP contribution is -2.42. The Bertz CT molecular complexity index is 497. The van der Waals surface area contributed by atoms with E-state index in [1.165, 1.54) is 0 Å². The molecular formula is C14H17ClF6N2. The summed E-state index contributed by atoms with van der Waals surface area (Å²) < 4.78 is 76.7. The number of halogens is 7. The number of nitrogens with zero attached hydrogens (tertiary/aromatic N) is 1. The van der Waals surface area contributed by atoms with Crippen LogP contribution in [0.5, 0.6) is 0 Å². The number of likely N-dealkylation sites (tertiary alicyclic amines) is 1. The van der Waals surface area contributed by atoms with Crippen molar-refractivity contribution in [2.75, 3.05) is 13.1 Å². The molecular weight excluding hydrogens is 346 g/mol. The Morgan fingerprint density at radius 1 is 1.00 bits per heavy atom. The van der Waals surface area contributed by atoms with E-state index in [0.29, 0.717) is 13.1 Å². The number of rotatable bonds is 2. The molecule has 1 aromatic carbocycles. The highest BCUT2D eigenvalue weighted by Crippen LogP contribution is 2.36. The SMILES string of the molecule is Cl.NC1CCCN(Cc2cc(C(F)(F)F)cc(C(F)(F)F)c2)C1. The molecule has 0 amide bonds. The fourth-order valence-electron chi connectivity index (χ4n) is 2.60. The molecule has 1 fully saturated rings. The van der Waals surface area contributed by atoms with Crippen LogP contribution >= 0.6 is 12.4 Å². The van der Waals surface area contributed by atoms with Gasteiger partial charge in [0.25, 0.3) is 0 Å². The van der Waals surface area contributed by atoms with Crippen LogP contribution in [0.4, 0.5) is 26.3 Å². The lowest BCUT2D eigenvalue weighted by molar-refractivity contribution is -0.143. The molecule has 23 heavy (non-hydrogen) atoms. The maximum absolute atomic E-state index is 12.8. The van der Waals surface area contributed by atoms with Crippen molar-refractivity contribution in [3.63, 3.8) is 0 Å². The van der Waals surface area contributed by atoms with Gasteiger partial charge < -0.3 is 5.73 Å². The molecule has 0 bridgehead atoms. The molecule has 0 radical (unpaired) electrons. The quantitative estimate of drug-likeness (QED) is 0.804. The van der Waals surface area contributed by atoms with Crippen LogP contribution in [0.25, 0.3) is 0 Å². The average Bonchev–Trinajstić information content (AvgIpc) is 2.36. The van der Waals surface area contributed by atoms with Crippen LogP contribution in [0, 0.1) is 0 Å². The van der Waals surface area contributed by atoms with Gasteiger partial charge in [-0.15, -0.1) is 12.4 Å². The largest absolute Gasteiger partial charge is 0.416 e. The minimum Gasteiger partial charge on any atom is -0.327 e. The molecule has 1 aromatic rings. The first-order chi connectivity index (χ1) is 10.1. The van der Waals surface area contributed by atoms with Gasteiger partial charge in [-0.2, -0.15) is 26.3 Å². The smallest absolute Gasteiger partial charge is 0.327 e. The van der Waals surface area contributed by atoms with Crippen LogP contribution in [0.3, 0.4) is 0 Å². The Labute approximate surface area is 136 Å². The molecule has 0 aromatic heterocycles. The maximum Gasteiger partial charge on any atom is 0.416 e. The summed E-state index contributed by atoms with van der Waals surface area (Å²) in [6.45, 7) is 1.11. The highest BCUT2D eigenvalue weighted by atomic mass is 35.5. The van der Waals surface area contributed by atoms with E-state index >= 15 is 0 Å². The van der Waals surface area contributed by atoms with Crippen molar-refractivity contribution in [2.24, 2.45) is 5.73 Å². The number of nitrogens with two attached hydrogens (primary N) is 1. The molecule has 1 heterocycles. The fraction of sp³-hybridized carbons (Fsp3) is 0.571. The Hall–Kier alpha value is -0.990. The van der Waals surface area contributed by atoms with E-state index in [9.17, 15) is 26.3 Å². The monoisotopic (exact) mass is 362 g/mol. The third-order valence-electron chi connectivity index (χ3n) is 3.60. The Balaban J connectivity index is 0.00000264. The van der Waals surface area contributed by atoms with Gasteiger partial charge in [-0.3, -0.25) is 4.90 Å². The van der Waals surface area contributed by atoms with Crippen molar-refractivity contribution in [3.8, 4) is 0 Å². The predicted molar refractivity (Wildman–Crippen MR) is 76.2 cm³/mol. The van der Waals surface area contributed by atoms with E-state index in [1.54, 1.807) is 4.90 Å². The Kier molecular flexibility index (Phi) is 6.34. The molecule has 2 nitrogen and oxygen atoms in total. The van der Waals surface area contributed by atoms with Crippen LogP contribution < -0.4 is 5.73 Å². The second-order valence-electron chi connectivity index (χ2n) is 5.55. The minimum absolute atomic E-state index is 0. The van der Waals surface area contributed by atoms with Crippen molar-refractivity contribution >= 4 is 12.4 Å². The molecule has 1 aliphatic rings. The van der Waals surface area contributed by atoms with Gasteiger partial charge in [-0.1, -0.05) is 0 Å². The topological polar surface area (TPSA) is 29.3 Å². The van der Waals surface area contributed by atoms with E-state index in [1.807, 2.05) is 0 Å². The molecule has 0 spiro atoms. The molecule has 1 atom stereocenters. The fourth-order valence-corrected chi connectivity index (χ4v) is 2.60. The van der Waals surface area contributed by atoms with Gasteiger partial charge in [0.2, 0.25) is 0 Å². The first-order valence-corrected chi connectivity index (χ1v) is 6.82. The van der Waals surface area contributed by atoms with Crippen LogP contribution in [0.1, 0.15) is 29.5 Å². The molecule has 0 aliphatic carbocycles. The van der Waals surface area contributed by atoms with Gasteiger partial charge in [0, 0.05) is 19.1 Å². The summed E-state index contributed by atoms with van der Waals surface area (Å²) in [4.78, 5) is 1.78. The summed E-state index contributed by atoms with van der Waals surface area (Å²) in [5.41, 5.74) is 3.21. The first kappa shape index (κ1) is 20.1. The highest BCUT2D eigenvalue weighted by molar-refractivity contribution is 5.85. The normalized spacial score (nSPS) is 20.2. The molecule has 0 saturated carbocycles. The number of hydrogen-bond donors (Lipinski definition) is 1. The molecule has 2 rings (SSSR count). The van der Waals surface area contributed by atoms with E-state index in [2.05, 4.69) is 0 Å². The van der Waals surface area contributed by atoms with E-state index in [4.69, 9.17) is 5.73 Å². The minimum atomic E-state index is -4.81. The van der Waals surface area contributed by atoms with Crippen LogP contribution in [0.2, 0.25) is 0 Å². The summed E-state index contributed by atoms with van der Waals surface area (Å²) in [7, 11) is 0. The average molecular weight is 363 g/mol. The number of hydrogen-bond acceptors (Lipinski definition) is 2. The van der Waals surface area contributed by atoms with Crippen molar-refractivity contribution < 1.29 is 26.3 Å². The van der Waals surface area contributed by atoms with Crippen molar-refractivity contribution in [3.05, 3.63) is 34.9 Å². The molecule has 9 heteroatoms. The molecule has 132 valence electrons.